The van der Waals surface area contributed by atoms with Crippen molar-refractivity contribution in [2.45, 2.75) is 62.9 Å². The van der Waals surface area contributed by atoms with Crippen LogP contribution in [-0.2, 0) is 4.79 Å². The van der Waals surface area contributed by atoms with Crippen LogP contribution in [0.25, 0.3) is 0 Å². The van der Waals surface area contributed by atoms with Gasteiger partial charge in [-0.15, -0.1) is 0 Å². The van der Waals surface area contributed by atoms with E-state index >= 15 is 0 Å². The highest BCUT2D eigenvalue weighted by atomic mass is 16.2. The summed E-state index contributed by atoms with van der Waals surface area (Å²) in [6.45, 7) is 1.09. The maximum Gasteiger partial charge on any atom is 0.223 e. The summed E-state index contributed by atoms with van der Waals surface area (Å²) in [4.78, 5) is 12.3. The molecule has 3 heteroatoms. The molecule has 100 valence electrons. The molecule has 3 atom stereocenters. The van der Waals surface area contributed by atoms with Crippen LogP contribution in [0.15, 0.2) is 0 Å². The summed E-state index contributed by atoms with van der Waals surface area (Å²) in [7, 11) is 0. The molecule has 3 saturated carbocycles. The third-order valence-electron chi connectivity index (χ3n) is 6.00. The van der Waals surface area contributed by atoms with E-state index < -0.39 is 0 Å². The minimum atomic E-state index is 0.381. The second-order valence-electron chi connectivity index (χ2n) is 7.04. The molecule has 1 saturated heterocycles. The highest BCUT2D eigenvalue weighted by Crippen LogP contribution is 2.57. The molecule has 3 nitrogen and oxygen atoms in total. The van der Waals surface area contributed by atoms with Crippen molar-refractivity contribution in [3.8, 4) is 0 Å². The topological polar surface area (TPSA) is 41.1 Å². The first-order valence-corrected chi connectivity index (χ1v) is 7.83. The van der Waals surface area contributed by atoms with Gasteiger partial charge >= 0.3 is 0 Å². The Labute approximate surface area is 109 Å². The zero-order valence-electron chi connectivity index (χ0n) is 11.1. The number of piperidine rings is 1. The molecule has 0 aromatic heterocycles. The lowest BCUT2D eigenvalue weighted by Crippen LogP contribution is -2.59. The van der Waals surface area contributed by atoms with Crippen molar-refractivity contribution in [3.63, 3.8) is 0 Å². The molecule has 0 aromatic rings. The van der Waals surface area contributed by atoms with Crippen molar-refractivity contribution in [3.05, 3.63) is 0 Å². The van der Waals surface area contributed by atoms with Gasteiger partial charge in [-0.2, -0.15) is 0 Å². The second kappa shape index (κ2) is 3.96. The normalized spacial score (nSPS) is 44.2. The largest absolute Gasteiger partial charge is 0.353 e. The third kappa shape index (κ3) is 1.70. The lowest BCUT2D eigenvalue weighted by atomic mass is 9.70. The number of rotatable bonds is 2. The van der Waals surface area contributed by atoms with Crippen molar-refractivity contribution in [1.82, 2.24) is 10.6 Å². The smallest absolute Gasteiger partial charge is 0.223 e. The number of carbonyl (C=O) groups excluding carboxylic acids is 1. The van der Waals surface area contributed by atoms with Gasteiger partial charge in [-0.3, -0.25) is 4.79 Å². The van der Waals surface area contributed by atoms with Crippen molar-refractivity contribution in [2.24, 2.45) is 17.8 Å². The fourth-order valence-corrected chi connectivity index (χ4v) is 4.77. The van der Waals surface area contributed by atoms with E-state index in [1.165, 1.54) is 44.9 Å². The van der Waals surface area contributed by atoms with E-state index in [4.69, 9.17) is 0 Å². The highest BCUT2D eigenvalue weighted by Gasteiger charge is 2.56. The van der Waals surface area contributed by atoms with E-state index in [0.29, 0.717) is 23.4 Å². The summed E-state index contributed by atoms with van der Waals surface area (Å²) >= 11 is 0. The summed E-state index contributed by atoms with van der Waals surface area (Å²) < 4.78 is 0. The van der Waals surface area contributed by atoms with Gasteiger partial charge in [-0.05, 0) is 63.3 Å². The average molecular weight is 248 g/mol. The van der Waals surface area contributed by atoms with Crippen molar-refractivity contribution < 1.29 is 4.79 Å². The van der Waals surface area contributed by atoms with E-state index in [0.717, 1.165) is 24.8 Å². The Morgan fingerprint density at radius 1 is 1.11 bits per heavy atom. The first-order chi connectivity index (χ1) is 8.77. The molecule has 1 heterocycles. The van der Waals surface area contributed by atoms with Crippen LogP contribution < -0.4 is 10.6 Å². The van der Waals surface area contributed by atoms with Crippen LogP contribution in [0.3, 0.4) is 0 Å². The SMILES string of the molecule is O=C(NC1CCNC2(CCC2)C1)C1C2CCCC21. The molecule has 1 amide bonds. The van der Waals surface area contributed by atoms with E-state index in [1.807, 2.05) is 0 Å². The average Bonchev–Trinajstić information content (AvgIpc) is 2.82. The number of amides is 1. The van der Waals surface area contributed by atoms with Crippen LogP contribution in [-0.4, -0.2) is 24.0 Å². The van der Waals surface area contributed by atoms with Gasteiger partial charge in [0.25, 0.3) is 0 Å². The van der Waals surface area contributed by atoms with Crippen LogP contribution >= 0.6 is 0 Å². The molecule has 1 aliphatic heterocycles. The van der Waals surface area contributed by atoms with E-state index in [1.54, 1.807) is 0 Å². The fourth-order valence-electron chi connectivity index (χ4n) is 4.77. The van der Waals surface area contributed by atoms with E-state index in [9.17, 15) is 4.79 Å². The molecule has 4 fully saturated rings. The van der Waals surface area contributed by atoms with Gasteiger partial charge in [0.15, 0.2) is 0 Å². The highest BCUT2D eigenvalue weighted by molar-refractivity contribution is 5.82. The standard InChI is InChI=1S/C15H24N2O/c18-14(13-11-3-1-4-12(11)13)17-10-5-8-16-15(9-10)6-2-7-15/h10-13,16H,1-9H2,(H,17,18). The second-order valence-corrected chi connectivity index (χ2v) is 7.04. The molecule has 4 aliphatic rings. The molecule has 18 heavy (non-hydrogen) atoms. The quantitative estimate of drug-likeness (QED) is 0.782. The first-order valence-electron chi connectivity index (χ1n) is 7.83. The third-order valence-corrected chi connectivity index (χ3v) is 6.00. The molecule has 4 rings (SSSR count). The Morgan fingerprint density at radius 2 is 1.89 bits per heavy atom. The minimum Gasteiger partial charge on any atom is -0.353 e. The number of fused-ring (bicyclic) bond motifs is 1. The Kier molecular flexibility index (Phi) is 2.48. The van der Waals surface area contributed by atoms with Gasteiger partial charge in [0.1, 0.15) is 0 Å². The monoisotopic (exact) mass is 248 g/mol. The lowest BCUT2D eigenvalue weighted by Gasteiger charge is -2.48. The van der Waals surface area contributed by atoms with Crippen LogP contribution in [0.1, 0.15) is 51.4 Å². The zero-order chi connectivity index (χ0) is 12.2. The molecule has 1 spiro atoms. The molecule has 0 aromatic carbocycles. The number of hydrogen-bond donors (Lipinski definition) is 2. The summed E-state index contributed by atoms with van der Waals surface area (Å²) in [5.74, 6) is 2.28. The Morgan fingerprint density at radius 3 is 2.56 bits per heavy atom. The van der Waals surface area contributed by atoms with E-state index in [-0.39, 0.29) is 0 Å². The Balaban J connectivity index is 1.33. The maximum absolute atomic E-state index is 12.3. The van der Waals surface area contributed by atoms with Crippen molar-refractivity contribution in [1.29, 1.82) is 0 Å². The van der Waals surface area contributed by atoms with Crippen LogP contribution in [0.2, 0.25) is 0 Å². The first kappa shape index (κ1) is 11.3. The molecular formula is C15H24N2O. The predicted molar refractivity (Wildman–Crippen MR) is 70.1 cm³/mol. The van der Waals surface area contributed by atoms with Crippen LogP contribution in [0.4, 0.5) is 0 Å². The predicted octanol–water partition coefficient (Wildman–Crippen LogP) is 1.82. The molecule has 0 bridgehead atoms. The van der Waals surface area contributed by atoms with Crippen molar-refractivity contribution in [2.75, 3.05) is 6.54 Å². The minimum absolute atomic E-state index is 0.381. The van der Waals surface area contributed by atoms with Crippen LogP contribution in [0, 0.1) is 17.8 Å². The maximum atomic E-state index is 12.3. The van der Waals surface area contributed by atoms with Crippen LogP contribution in [0.5, 0.6) is 0 Å². The van der Waals surface area contributed by atoms with Gasteiger partial charge in [0, 0.05) is 17.5 Å². The number of carbonyl (C=O) groups is 1. The fraction of sp³-hybridized carbons (Fsp3) is 0.933. The zero-order valence-corrected chi connectivity index (χ0v) is 11.1. The van der Waals surface area contributed by atoms with E-state index in [2.05, 4.69) is 10.6 Å². The van der Waals surface area contributed by atoms with Gasteiger partial charge < -0.3 is 10.6 Å². The van der Waals surface area contributed by atoms with Gasteiger partial charge in [-0.25, -0.2) is 0 Å². The van der Waals surface area contributed by atoms with Gasteiger partial charge in [0.05, 0.1) is 0 Å². The lowest BCUT2D eigenvalue weighted by molar-refractivity contribution is -0.124. The molecule has 0 radical (unpaired) electrons. The summed E-state index contributed by atoms with van der Waals surface area (Å²) in [5.41, 5.74) is 0.398. The molecule has 3 aliphatic carbocycles. The number of nitrogens with one attached hydrogen (secondary N) is 2. The number of hydrogen-bond acceptors (Lipinski definition) is 2. The summed E-state index contributed by atoms with van der Waals surface area (Å²) in [6, 6.07) is 0.445. The summed E-state index contributed by atoms with van der Waals surface area (Å²) in [5, 5.41) is 7.02. The summed E-state index contributed by atoms with van der Waals surface area (Å²) in [6.07, 6.45) is 10.2. The molecule has 2 N–H and O–H groups in total. The van der Waals surface area contributed by atoms with Gasteiger partial charge in [-0.1, -0.05) is 6.42 Å². The molecular weight excluding hydrogens is 224 g/mol. The van der Waals surface area contributed by atoms with Gasteiger partial charge in [0.2, 0.25) is 5.91 Å². The van der Waals surface area contributed by atoms with Crippen molar-refractivity contribution >= 4 is 5.91 Å². The Hall–Kier alpha value is -0.570. The molecule has 3 unspecified atom stereocenters. The Bertz CT molecular complexity index is 354.